The second kappa shape index (κ2) is 7.22. The number of aryl methyl sites for hydroxylation is 1. The summed E-state index contributed by atoms with van der Waals surface area (Å²) in [4.78, 5) is 23.3. The zero-order valence-electron chi connectivity index (χ0n) is 11.7. The Hall–Kier alpha value is -2.44. The molecule has 2 N–H and O–H groups in total. The van der Waals surface area contributed by atoms with Crippen molar-refractivity contribution in [1.29, 1.82) is 0 Å². The van der Waals surface area contributed by atoms with Crippen molar-refractivity contribution in [2.45, 2.75) is 20.8 Å². The van der Waals surface area contributed by atoms with Gasteiger partial charge in [-0.1, -0.05) is 0 Å². The lowest BCUT2D eigenvalue weighted by molar-refractivity contribution is 0.138. The summed E-state index contributed by atoms with van der Waals surface area (Å²) in [6.07, 6.45) is -1.52. The van der Waals surface area contributed by atoms with Crippen molar-refractivity contribution >= 4 is 17.9 Å². The molecule has 0 bridgehead atoms. The van der Waals surface area contributed by atoms with Crippen molar-refractivity contribution in [2.24, 2.45) is 0 Å². The number of carbonyl (C=O) groups excluding carboxylic acids is 2. The molecule has 0 aliphatic rings. The maximum absolute atomic E-state index is 11.9. The van der Waals surface area contributed by atoms with Crippen molar-refractivity contribution in [3.8, 4) is 5.75 Å². The summed E-state index contributed by atoms with van der Waals surface area (Å²) < 4.78 is 9.59. The Morgan fingerprint density at radius 2 is 1.90 bits per heavy atom. The number of anilines is 1. The van der Waals surface area contributed by atoms with E-state index in [-0.39, 0.29) is 19.0 Å². The zero-order valence-corrected chi connectivity index (χ0v) is 11.7. The number of phenolic OH excluding ortho intramolecular Hbond substituents is 1. The van der Waals surface area contributed by atoms with Crippen molar-refractivity contribution in [2.75, 3.05) is 18.2 Å². The lowest BCUT2D eigenvalue weighted by Gasteiger charge is -2.22. The van der Waals surface area contributed by atoms with Crippen LogP contribution in [0.25, 0.3) is 0 Å². The van der Waals surface area contributed by atoms with Gasteiger partial charge in [-0.25, -0.2) is 15.0 Å². The van der Waals surface area contributed by atoms with Gasteiger partial charge in [-0.15, -0.1) is 0 Å². The Morgan fingerprint density at radius 3 is 2.45 bits per heavy atom. The van der Waals surface area contributed by atoms with Crippen molar-refractivity contribution < 1.29 is 24.2 Å². The van der Waals surface area contributed by atoms with Gasteiger partial charge < -0.3 is 14.6 Å². The maximum Gasteiger partial charge on any atom is 0.433 e. The van der Waals surface area contributed by atoms with E-state index in [1.165, 1.54) is 12.1 Å². The van der Waals surface area contributed by atoms with E-state index in [1.54, 1.807) is 26.8 Å². The fourth-order valence-electron chi connectivity index (χ4n) is 1.44. The number of amides is 2. The van der Waals surface area contributed by atoms with Crippen LogP contribution in [0.1, 0.15) is 19.4 Å². The molecule has 1 aromatic carbocycles. The SMILES string of the molecule is CCOC(=O)NN(C(=O)OCC)c1ccc(O)c(C)c1. The van der Waals surface area contributed by atoms with E-state index in [0.29, 0.717) is 11.3 Å². The minimum Gasteiger partial charge on any atom is -0.508 e. The molecule has 0 aromatic heterocycles. The smallest absolute Gasteiger partial charge is 0.433 e. The van der Waals surface area contributed by atoms with Crippen LogP contribution in [0.4, 0.5) is 15.3 Å². The minimum atomic E-state index is -0.772. The zero-order chi connectivity index (χ0) is 15.1. The monoisotopic (exact) mass is 282 g/mol. The first kappa shape index (κ1) is 15.6. The number of rotatable bonds is 3. The van der Waals surface area contributed by atoms with E-state index >= 15 is 0 Å². The molecule has 0 saturated carbocycles. The molecule has 0 spiro atoms. The Labute approximate surface area is 117 Å². The fraction of sp³-hybridized carbons (Fsp3) is 0.385. The van der Waals surface area contributed by atoms with Crippen molar-refractivity contribution in [1.82, 2.24) is 5.43 Å². The van der Waals surface area contributed by atoms with Crippen LogP contribution < -0.4 is 10.4 Å². The predicted molar refractivity (Wildman–Crippen MR) is 72.5 cm³/mol. The van der Waals surface area contributed by atoms with E-state index in [0.717, 1.165) is 5.01 Å². The predicted octanol–water partition coefficient (Wildman–Crippen LogP) is 2.32. The number of nitrogens with one attached hydrogen (secondary N) is 1. The molecule has 0 saturated heterocycles. The first-order valence-electron chi connectivity index (χ1n) is 6.19. The Balaban J connectivity index is 2.99. The average Bonchev–Trinajstić information content (AvgIpc) is 2.40. The minimum absolute atomic E-state index is 0.0914. The molecule has 7 nitrogen and oxygen atoms in total. The van der Waals surface area contributed by atoms with Gasteiger partial charge in [0, 0.05) is 0 Å². The highest BCUT2D eigenvalue weighted by molar-refractivity contribution is 5.90. The topological polar surface area (TPSA) is 88.1 Å². The summed E-state index contributed by atoms with van der Waals surface area (Å²) in [5, 5.41) is 10.4. The molecule has 0 heterocycles. The van der Waals surface area contributed by atoms with Gasteiger partial charge >= 0.3 is 12.2 Å². The van der Waals surface area contributed by atoms with Gasteiger partial charge in [0.1, 0.15) is 5.75 Å². The number of phenols is 1. The third-order valence-corrected chi connectivity index (χ3v) is 2.37. The number of ether oxygens (including phenoxy) is 2. The Morgan fingerprint density at radius 1 is 1.25 bits per heavy atom. The van der Waals surface area contributed by atoms with Crippen molar-refractivity contribution in [3.05, 3.63) is 23.8 Å². The van der Waals surface area contributed by atoms with Crippen LogP contribution in [0, 0.1) is 6.92 Å². The number of aromatic hydroxyl groups is 1. The Kier molecular flexibility index (Phi) is 5.64. The van der Waals surface area contributed by atoms with Crippen LogP contribution in [0.2, 0.25) is 0 Å². The van der Waals surface area contributed by atoms with E-state index in [4.69, 9.17) is 9.47 Å². The molecular weight excluding hydrogens is 264 g/mol. The van der Waals surface area contributed by atoms with Crippen molar-refractivity contribution in [3.63, 3.8) is 0 Å². The highest BCUT2D eigenvalue weighted by Crippen LogP contribution is 2.22. The van der Waals surface area contributed by atoms with E-state index in [9.17, 15) is 14.7 Å². The van der Waals surface area contributed by atoms with Gasteiger partial charge in [0.05, 0.1) is 18.9 Å². The van der Waals surface area contributed by atoms with Gasteiger partial charge in [-0.05, 0) is 44.5 Å². The highest BCUT2D eigenvalue weighted by atomic mass is 16.6. The van der Waals surface area contributed by atoms with E-state index in [2.05, 4.69) is 5.43 Å². The Bertz CT molecular complexity index is 490. The summed E-state index contributed by atoms with van der Waals surface area (Å²) in [5.74, 6) is 0.0914. The molecule has 1 rings (SSSR count). The summed E-state index contributed by atoms with van der Waals surface area (Å²) >= 11 is 0. The standard InChI is InChI=1S/C13H18N2O5/c1-4-19-12(17)14-15(13(18)20-5-2)10-6-7-11(16)9(3)8-10/h6-8,16H,4-5H2,1-3H3,(H,14,17). The lowest BCUT2D eigenvalue weighted by Crippen LogP contribution is -2.47. The number of carbonyl (C=O) groups is 2. The lowest BCUT2D eigenvalue weighted by atomic mass is 10.2. The molecule has 0 aliphatic heterocycles. The van der Waals surface area contributed by atoms with Gasteiger partial charge in [-0.3, -0.25) is 0 Å². The molecule has 7 heteroatoms. The first-order chi connectivity index (χ1) is 9.49. The molecule has 1 aromatic rings. The van der Waals surface area contributed by atoms with Crippen LogP contribution >= 0.6 is 0 Å². The largest absolute Gasteiger partial charge is 0.508 e. The number of hydrogen-bond acceptors (Lipinski definition) is 5. The third kappa shape index (κ3) is 4.04. The average molecular weight is 282 g/mol. The van der Waals surface area contributed by atoms with Crippen LogP contribution in [0.3, 0.4) is 0 Å². The highest BCUT2D eigenvalue weighted by Gasteiger charge is 2.20. The summed E-state index contributed by atoms with van der Waals surface area (Å²) in [7, 11) is 0. The molecule has 0 atom stereocenters. The van der Waals surface area contributed by atoms with Crippen LogP contribution in [0.5, 0.6) is 5.75 Å². The molecule has 20 heavy (non-hydrogen) atoms. The second-order valence-corrected chi connectivity index (χ2v) is 3.84. The molecule has 0 unspecified atom stereocenters. The second-order valence-electron chi connectivity index (χ2n) is 3.84. The molecule has 0 radical (unpaired) electrons. The molecule has 0 fully saturated rings. The normalized spacial score (nSPS) is 9.75. The quantitative estimate of drug-likeness (QED) is 0.831. The van der Waals surface area contributed by atoms with Gasteiger partial charge in [0.15, 0.2) is 0 Å². The summed E-state index contributed by atoms with van der Waals surface area (Å²) in [5.41, 5.74) is 3.19. The van der Waals surface area contributed by atoms with Crippen LogP contribution in [-0.4, -0.2) is 30.5 Å². The third-order valence-electron chi connectivity index (χ3n) is 2.37. The van der Waals surface area contributed by atoms with E-state index < -0.39 is 12.2 Å². The number of hydrazine groups is 1. The fourth-order valence-corrected chi connectivity index (χ4v) is 1.44. The molecule has 2 amide bonds. The molecule has 0 aliphatic carbocycles. The van der Waals surface area contributed by atoms with Gasteiger partial charge in [-0.2, -0.15) is 5.01 Å². The van der Waals surface area contributed by atoms with Gasteiger partial charge in [0.2, 0.25) is 0 Å². The number of hydrogen-bond donors (Lipinski definition) is 2. The maximum atomic E-state index is 11.9. The van der Waals surface area contributed by atoms with Crippen LogP contribution in [-0.2, 0) is 9.47 Å². The number of benzene rings is 1. The van der Waals surface area contributed by atoms with Crippen LogP contribution in [0.15, 0.2) is 18.2 Å². The molecular formula is C13H18N2O5. The first-order valence-corrected chi connectivity index (χ1v) is 6.19. The van der Waals surface area contributed by atoms with Gasteiger partial charge in [0.25, 0.3) is 0 Å². The van der Waals surface area contributed by atoms with E-state index in [1.807, 2.05) is 0 Å². The summed E-state index contributed by atoms with van der Waals surface area (Å²) in [6, 6.07) is 4.44. The number of nitrogens with zero attached hydrogens (tertiary/aromatic N) is 1. The summed E-state index contributed by atoms with van der Waals surface area (Å²) in [6.45, 7) is 5.32. The molecule has 110 valence electrons.